The molecular formula is C26H34N2O6. The van der Waals surface area contributed by atoms with Crippen LogP contribution in [0.4, 0.5) is 0 Å². The molecule has 2 amide bonds. The van der Waals surface area contributed by atoms with Crippen molar-refractivity contribution in [2.75, 3.05) is 26.3 Å². The van der Waals surface area contributed by atoms with Crippen LogP contribution in [0.3, 0.4) is 0 Å². The SMILES string of the molecule is C=CCN(Cc1ccccc1)C(=O)C1N(CCO)C(=O)[C@@H]2[C@@H](C(=O)OCC)[C@@]3(CC)CCC12O3. The second kappa shape index (κ2) is 9.50. The fourth-order valence-electron chi connectivity index (χ4n) is 6.30. The minimum Gasteiger partial charge on any atom is -0.466 e. The lowest BCUT2D eigenvalue weighted by atomic mass is 9.65. The summed E-state index contributed by atoms with van der Waals surface area (Å²) in [6.45, 7) is 8.05. The summed E-state index contributed by atoms with van der Waals surface area (Å²) in [6, 6.07) is 8.69. The largest absolute Gasteiger partial charge is 0.466 e. The number of benzene rings is 1. The van der Waals surface area contributed by atoms with Gasteiger partial charge in [-0.1, -0.05) is 43.3 Å². The highest BCUT2D eigenvalue weighted by atomic mass is 16.6. The monoisotopic (exact) mass is 470 g/mol. The number of ether oxygens (including phenoxy) is 2. The number of carbonyl (C=O) groups is 3. The van der Waals surface area contributed by atoms with Crippen LogP contribution >= 0.6 is 0 Å². The van der Waals surface area contributed by atoms with Crippen LogP contribution in [0.25, 0.3) is 0 Å². The molecule has 3 aliphatic rings. The lowest BCUT2D eigenvalue weighted by molar-refractivity contribution is -0.161. The molecule has 0 aromatic heterocycles. The molecule has 0 saturated carbocycles. The first-order valence-corrected chi connectivity index (χ1v) is 12.1. The van der Waals surface area contributed by atoms with Crippen LogP contribution in [0.1, 0.15) is 38.7 Å². The zero-order valence-electron chi connectivity index (χ0n) is 19.9. The van der Waals surface area contributed by atoms with E-state index < -0.39 is 35.0 Å². The number of aliphatic hydroxyl groups is 1. The van der Waals surface area contributed by atoms with Gasteiger partial charge in [-0.25, -0.2) is 0 Å². The normalized spacial score (nSPS) is 31.4. The van der Waals surface area contributed by atoms with E-state index in [1.807, 2.05) is 37.3 Å². The maximum atomic E-state index is 14.1. The number of likely N-dealkylation sites (tertiary alicyclic amines) is 1. The quantitative estimate of drug-likeness (QED) is 0.415. The number of nitrogens with zero attached hydrogens (tertiary/aromatic N) is 2. The molecule has 1 N–H and O–H groups in total. The van der Waals surface area contributed by atoms with Crippen LogP contribution in [0.2, 0.25) is 0 Å². The second-order valence-electron chi connectivity index (χ2n) is 9.33. The van der Waals surface area contributed by atoms with Crippen LogP contribution < -0.4 is 0 Å². The third-order valence-corrected chi connectivity index (χ3v) is 7.67. The van der Waals surface area contributed by atoms with E-state index in [9.17, 15) is 19.5 Å². The van der Waals surface area contributed by atoms with Crippen LogP contribution in [0.15, 0.2) is 43.0 Å². The third kappa shape index (κ3) is 3.64. The Morgan fingerprint density at radius 1 is 1.29 bits per heavy atom. The summed E-state index contributed by atoms with van der Waals surface area (Å²) in [5, 5.41) is 9.74. The number of fused-ring (bicyclic) bond motifs is 1. The van der Waals surface area contributed by atoms with Crippen LogP contribution in [0.5, 0.6) is 0 Å². The van der Waals surface area contributed by atoms with Crippen molar-refractivity contribution >= 4 is 17.8 Å². The number of rotatable bonds is 10. The first kappa shape index (κ1) is 24.4. The molecule has 0 radical (unpaired) electrons. The van der Waals surface area contributed by atoms with Gasteiger partial charge in [0.05, 0.1) is 24.7 Å². The Hall–Kier alpha value is -2.71. The highest BCUT2D eigenvalue weighted by molar-refractivity contribution is 5.98. The number of β-amino-alcohol motifs (C(OH)–C–C–N with tert-alkyl or cyclic N) is 1. The summed E-state index contributed by atoms with van der Waals surface area (Å²) >= 11 is 0. The molecule has 3 aliphatic heterocycles. The molecule has 2 bridgehead atoms. The minimum absolute atomic E-state index is 0.00120. The molecule has 34 heavy (non-hydrogen) atoms. The molecule has 8 heteroatoms. The number of hydrogen-bond donors (Lipinski definition) is 1. The zero-order valence-corrected chi connectivity index (χ0v) is 19.9. The maximum absolute atomic E-state index is 14.1. The Morgan fingerprint density at radius 3 is 2.65 bits per heavy atom. The minimum atomic E-state index is -1.12. The van der Waals surface area contributed by atoms with Gasteiger partial charge >= 0.3 is 5.97 Å². The average Bonchev–Trinajstić information content (AvgIpc) is 3.43. The van der Waals surface area contributed by atoms with Crippen molar-refractivity contribution in [1.82, 2.24) is 9.80 Å². The molecule has 3 heterocycles. The Labute approximate surface area is 200 Å². The summed E-state index contributed by atoms with van der Waals surface area (Å²) in [7, 11) is 0. The summed E-state index contributed by atoms with van der Waals surface area (Å²) in [4.78, 5) is 44.0. The molecule has 5 atom stereocenters. The number of amides is 2. The van der Waals surface area contributed by atoms with Gasteiger partial charge in [-0.2, -0.15) is 0 Å². The fraction of sp³-hybridized carbons (Fsp3) is 0.577. The van der Waals surface area contributed by atoms with Crippen molar-refractivity contribution in [2.45, 2.75) is 56.9 Å². The van der Waals surface area contributed by atoms with E-state index in [1.165, 1.54) is 4.90 Å². The van der Waals surface area contributed by atoms with Gasteiger partial charge < -0.3 is 24.4 Å². The fourth-order valence-corrected chi connectivity index (χ4v) is 6.30. The molecular weight excluding hydrogens is 436 g/mol. The van der Waals surface area contributed by atoms with Gasteiger partial charge in [-0.3, -0.25) is 14.4 Å². The summed E-state index contributed by atoms with van der Waals surface area (Å²) in [5.41, 5.74) is -0.984. The molecule has 8 nitrogen and oxygen atoms in total. The molecule has 1 aromatic rings. The van der Waals surface area contributed by atoms with Gasteiger partial charge in [0.1, 0.15) is 17.6 Å². The number of carbonyl (C=O) groups excluding carboxylic acids is 3. The molecule has 1 spiro atoms. The van der Waals surface area contributed by atoms with Gasteiger partial charge in [0.15, 0.2) is 0 Å². The van der Waals surface area contributed by atoms with E-state index >= 15 is 0 Å². The Morgan fingerprint density at radius 2 is 2.03 bits per heavy atom. The highest BCUT2D eigenvalue weighted by Gasteiger charge is 2.79. The van der Waals surface area contributed by atoms with E-state index in [4.69, 9.17) is 9.47 Å². The predicted molar refractivity (Wildman–Crippen MR) is 124 cm³/mol. The Kier molecular flexibility index (Phi) is 6.82. The molecule has 2 unspecified atom stereocenters. The zero-order chi connectivity index (χ0) is 24.5. The van der Waals surface area contributed by atoms with E-state index in [1.54, 1.807) is 17.9 Å². The molecule has 4 rings (SSSR count). The van der Waals surface area contributed by atoms with E-state index in [0.29, 0.717) is 32.4 Å². The van der Waals surface area contributed by atoms with Crippen molar-refractivity contribution in [3.8, 4) is 0 Å². The summed E-state index contributed by atoms with van der Waals surface area (Å²) < 4.78 is 12.0. The topological polar surface area (TPSA) is 96.4 Å². The summed E-state index contributed by atoms with van der Waals surface area (Å²) in [5.74, 6) is -2.60. The Bertz CT molecular complexity index is 952. The van der Waals surface area contributed by atoms with Gasteiger partial charge in [-0.15, -0.1) is 6.58 Å². The van der Waals surface area contributed by atoms with Crippen molar-refractivity contribution < 1.29 is 29.0 Å². The van der Waals surface area contributed by atoms with Gasteiger partial charge in [0, 0.05) is 19.6 Å². The number of hydrogen-bond acceptors (Lipinski definition) is 6. The highest BCUT2D eigenvalue weighted by Crippen LogP contribution is 2.64. The standard InChI is InChI=1S/C26H34N2O6/c1-4-14-27(17-18-10-8-7-9-11-18)23(31)21-26-13-12-25(5-2,34-26)20(24(32)33-6-3)19(26)22(30)28(21)15-16-29/h4,7-11,19-21,29H,1,5-6,12-17H2,2-3H3/t19-,20-,21?,25+,26?/m0/s1. The predicted octanol–water partition coefficient (Wildman–Crippen LogP) is 1.91. The van der Waals surface area contributed by atoms with Crippen molar-refractivity contribution in [1.29, 1.82) is 0 Å². The second-order valence-corrected chi connectivity index (χ2v) is 9.33. The van der Waals surface area contributed by atoms with E-state index in [0.717, 1.165) is 5.56 Å². The average molecular weight is 471 g/mol. The summed E-state index contributed by atoms with van der Waals surface area (Å²) in [6.07, 6.45) is 3.28. The van der Waals surface area contributed by atoms with Gasteiger partial charge in [0.2, 0.25) is 11.8 Å². The van der Waals surface area contributed by atoms with Crippen molar-refractivity contribution in [3.63, 3.8) is 0 Å². The third-order valence-electron chi connectivity index (χ3n) is 7.67. The van der Waals surface area contributed by atoms with Crippen LogP contribution in [0, 0.1) is 11.8 Å². The molecule has 0 aliphatic carbocycles. The molecule has 1 aromatic carbocycles. The lowest BCUT2D eigenvalue weighted by Crippen LogP contribution is -2.56. The Balaban J connectivity index is 1.75. The van der Waals surface area contributed by atoms with Gasteiger partial charge in [0.25, 0.3) is 0 Å². The van der Waals surface area contributed by atoms with Crippen LogP contribution in [-0.2, 0) is 30.4 Å². The first-order valence-electron chi connectivity index (χ1n) is 12.1. The van der Waals surface area contributed by atoms with Crippen molar-refractivity contribution in [3.05, 3.63) is 48.6 Å². The van der Waals surface area contributed by atoms with Crippen LogP contribution in [-0.4, -0.2) is 76.2 Å². The molecule has 3 fully saturated rings. The maximum Gasteiger partial charge on any atom is 0.312 e. The molecule has 3 saturated heterocycles. The smallest absolute Gasteiger partial charge is 0.312 e. The van der Waals surface area contributed by atoms with E-state index in [2.05, 4.69) is 6.58 Å². The van der Waals surface area contributed by atoms with Crippen molar-refractivity contribution in [2.24, 2.45) is 11.8 Å². The lowest BCUT2D eigenvalue weighted by Gasteiger charge is -2.36. The van der Waals surface area contributed by atoms with E-state index in [-0.39, 0.29) is 31.6 Å². The number of esters is 1. The molecule has 184 valence electrons. The van der Waals surface area contributed by atoms with Gasteiger partial charge in [-0.05, 0) is 31.7 Å². The first-order chi connectivity index (χ1) is 16.4. The number of aliphatic hydroxyl groups excluding tert-OH is 1.